The highest BCUT2D eigenvalue weighted by Gasteiger charge is 2.13. The van der Waals surface area contributed by atoms with Crippen molar-refractivity contribution in [3.63, 3.8) is 0 Å². The van der Waals surface area contributed by atoms with Gasteiger partial charge in [-0.2, -0.15) is 5.10 Å². The molecule has 4 nitrogen and oxygen atoms in total. The molecule has 0 unspecified atom stereocenters. The van der Waals surface area contributed by atoms with Crippen molar-refractivity contribution in [2.45, 2.75) is 19.4 Å². The maximum absolute atomic E-state index is 10.5. The average molecular weight is 166 g/mol. The quantitative estimate of drug-likeness (QED) is 0.581. The van der Waals surface area contributed by atoms with E-state index in [1.165, 1.54) is 0 Å². The minimum Gasteiger partial charge on any atom is -0.477 e. The standard InChI is InChI=1S/C8H10N2O2/c11-6-7-5-9-10-3-1-2-4-12-8(7)10/h5-6H,1-4H2. The first kappa shape index (κ1) is 7.34. The third kappa shape index (κ3) is 1.09. The van der Waals surface area contributed by atoms with Gasteiger partial charge in [0.2, 0.25) is 5.88 Å². The predicted octanol–water partition coefficient (Wildman–Crippen LogP) is 0.868. The Morgan fingerprint density at radius 1 is 1.58 bits per heavy atom. The summed E-state index contributed by atoms with van der Waals surface area (Å²) in [5.41, 5.74) is 0.553. The Morgan fingerprint density at radius 2 is 2.50 bits per heavy atom. The molecular weight excluding hydrogens is 156 g/mol. The number of aldehydes is 1. The number of fused-ring (bicyclic) bond motifs is 1. The Hall–Kier alpha value is -1.32. The van der Waals surface area contributed by atoms with Crippen molar-refractivity contribution in [2.24, 2.45) is 0 Å². The van der Waals surface area contributed by atoms with E-state index >= 15 is 0 Å². The van der Waals surface area contributed by atoms with Crippen molar-refractivity contribution in [3.8, 4) is 5.88 Å². The van der Waals surface area contributed by atoms with Gasteiger partial charge in [-0.3, -0.25) is 4.79 Å². The zero-order valence-corrected chi connectivity index (χ0v) is 6.69. The van der Waals surface area contributed by atoms with E-state index in [2.05, 4.69) is 5.10 Å². The van der Waals surface area contributed by atoms with E-state index in [1.807, 2.05) is 0 Å². The predicted molar refractivity (Wildman–Crippen MR) is 42.3 cm³/mol. The lowest BCUT2D eigenvalue weighted by Crippen LogP contribution is -2.00. The molecule has 0 bridgehead atoms. The van der Waals surface area contributed by atoms with Crippen LogP contribution in [0.2, 0.25) is 0 Å². The van der Waals surface area contributed by atoms with Crippen LogP contribution in [0.3, 0.4) is 0 Å². The summed E-state index contributed by atoms with van der Waals surface area (Å²) in [6, 6.07) is 0. The van der Waals surface area contributed by atoms with Crippen LogP contribution in [0.25, 0.3) is 0 Å². The SMILES string of the molecule is O=Cc1cnn2c1OCCCC2. The number of hydrogen-bond donors (Lipinski definition) is 0. The van der Waals surface area contributed by atoms with E-state index in [0.717, 1.165) is 25.7 Å². The van der Waals surface area contributed by atoms with Crippen LogP contribution in [-0.2, 0) is 6.54 Å². The van der Waals surface area contributed by atoms with Crippen molar-refractivity contribution in [1.29, 1.82) is 0 Å². The molecule has 1 aliphatic heterocycles. The fraction of sp³-hybridized carbons (Fsp3) is 0.500. The Kier molecular flexibility index (Phi) is 1.81. The van der Waals surface area contributed by atoms with Gasteiger partial charge in [0.25, 0.3) is 0 Å². The minimum atomic E-state index is 0.553. The van der Waals surface area contributed by atoms with Gasteiger partial charge in [0.05, 0.1) is 18.4 Å². The van der Waals surface area contributed by atoms with E-state index < -0.39 is 0 Å². The summed E-state index contributed by atoms with van der Waals surface area (Å²) in [6.07, 6.45) is 4.42. The molecule has 2 rings (SSSR count). The first-order valence-electron chi connectivity index (χ1n) is 4.05. The Bertz CT molecular complexity index is 293. The molecule has 0 aliphatic carbocycles. The summed E-state index contributed by atoms with van der Waals surface area (Å²) >= 11 is 0. The van der Waals surface area contributed by atoms with Crippen LogP contribution in [0, 0.1) is 0 Å². The highest BCUT2D eigenvalue weighted by atomic mass is 16.5. The number of carbonyl (C=O) groups is 1. The van der Waals surface area contributed by atoms with Gasteiger partial charge in [0.1, 0.15) is 0 Å². The van der Waals surface area contributed by atoms with Crippen molar-refractivity contribution in [1.82, 2.24) is 9.78 Å². The smallest absolute Gasteiger partial charge is 0.222 e. The third-order valence-electron chi connectivity index (χ3n) is 1.95. The number of ether oxygens (including phenoxy) is 1. The molecule has 0 spiro atoms. The van der Waals surface area contributed by atoms with E-state index in [9.17, 15) is 4.79 Å². The molecule has 1 aromatic heterocycles. The van der Waals surface area contributed by atoms with Crippen LogP contribution in [0.4, 0.5) is 0 Å². The molecule has 0 saturated heterocycles. The van der Waals surface area contributed by atoms with E-state index in [-0.39, 0.29) is 0 Å². The molecule has 0 aromatic carbocycles. The molecule has 1 aliphatic rings. The lowest BCUT2D eigenvalue weighted by atomic mass is 10.3. The first-order chi connectivity index (χ1) is 5.92. The van der Waals surface area contributed by atoms with Crippen molar-refractivity contribution >= 4 is 6.29 Å². The number of nitrogens with zero attached hydrogens (tertiary/aromatic N) is 2. The molecule has 0 amide bonds. The lowest BCUT2D eigenvalue weighted by Gasteiger charge is -2.02. The van der Waals surface area contributed by atoms with Crippen LogP contribution in [0.5, 0.6) is 5.88 Å². The molecule has 2 heterocycles. The maximum Gasteiger partial charge on any atom is 0.222 e. The lowest BCUT2D eigenvalue weighted by molar-refractivity contribution is 0.111. The molecule has 12 heavy (non-hydrogen) atoms. The number of carbonyl (C=O) groups excluding carboxylic acids is 1. The van der Waals surface area contributed by atoms with E-state index in [4.69, 9.17) is 4.74 Å². The summed E-state index contributed by atoms with van der Waals surface area (Å²) in [5.74, 6) is 0.627. The van der Waals surface area contributed by atoms with Crippen LogP contribution in [-0.4, -0.2) is 22.7 Å². The Labute approximate surface area is 70.1 Å². The van der Waals surface area contributed by atoms with Gasteiger partial charge in [0.15, 0.2) is 6.29 Å². The summed E-state index contributed by atoms with van der Waals surface area (Å²) in [4.78, 5) is 10.5. The molecule has 0 atom stereocenters. The van der Waals surface area contributed by atoms with Gasteiger partial charge in [-0.25, -0.2) is 4.68 Å². The fourth-order valence-electron chi connectivity index (χ4n) is 1.32. The van der Waals surface area contributed by atoms with Gasteiger partial charge in [-0.05, 0) is 12.8 Å². The second-order valence-electron chi connectivity index (χ2n) is 2.80. The summed E-state index contributed by atoms with van der Waals surface area (Å²) in [7, 11) is 0. The zero-order chi connectivity index (χ0) is 8.39. The van der Waals surface area contributed by atoms with Gasteiger partial charge >= 0.3 is 0 Å². The molecule has 0 saturated carbocycles. The largest absolute Gasteiger partial charge is 0.477 e. The van der Waals surface area contributed by atoms with Gasteiger partial charge in [-0.15, -0.1) is 0 Å². The highest BCUT2D eigenvalue weighted by molar-refractivity contribution is 5.77. The molecule has 0 N–H and O–H groups in total. The number of hydrogen-bond acceptors (Lipinski definition) is 3. The summed E-state index contributed by atoms with van der Waals surface area (Å²) in [5, 5.41) is 4.05. The van der Waals surface area contributed by atoms with Gasteiger partial charge in [-0.1, -0.05) is 0 Å². The van der Waals surface area contributed by atoms with Crippen LogP contribution >= 0.6 is 0 Å². The van der Waals surface area contributed by atoms with E-state index in [1.54, 1.807) is 10.9 Å². The molecule has 0 fully saturated rings. The van der Waals surface area contributed by atoms with Gasteiger partial charge in [0, 0.05) is 6.54 Å². The normalized spacial score (nSPS) is 16.0. The fourth-order valence-corrected chi connectivity index (χ4v) is 1.32. The Morgan fingerprint density at radius 3 is 3.33 bits per heavy atom. The topological polar surface area (TPSA) is 44.1 Å². The summed E-state index contributed by atoms with van der Waals surface area (Å²) in [6.45, 7) is 1.54. The zero-order valence-electron chi connectivity index (χ0n) is 6.69. The van der Waals surface area contributed by atoms with E-state index in [0.29, 0.717) is 18.1 Å². The van der Waals surface area contributed by atoms with Crippen LogP contribution in [0.1, 0.15) is 23.2 Å². The molecule has 1 aromatic rings. The molecule has 4 heteroatoms. The molecule has 0 radical (unpaired) electrons. The van der Waals surface area contributed by atoms with Crippen molar-refractivity contribution in [3.05, 3.63) is 11.8 Å². The molecule has 64 valence electrons. The highest BCUT2D eigenvalue weighted by Crippen LogP contribution is 2.19. The van der Waals surface area contributed by atoms with Crippen LogP contribution < -0.4 is 4.74 Å². The Balaban J connectivity index is 2.38. The first-order valence-corrected chi connectivity index (χ1v) is 4.05. The number of rotatable bonds is 1. The second kappa shape index (κ2) is 2.97. The maximum atomic E-state index is 10.5. The average Bonchev–Trinajstić information content (AvgIpc) is 2.33. The van der Waals surface area contributed by atoms with Crippen molar-refractivity contribution < 1.29 is 9.53 Å². The number of aryl methyl sites for hydroxylation is 1. The second-order valence-corrected chi connectivity index (χ2v) is 2.80. The third-order valence-corrected chi connectivity index (χ3v) is 1.95. The van der Waals surface area contributed by atoms with Crippen LogP contribution in [0.15, 0.2) is 6.20 Å². The van der Waals surface area contributed by atoms with Gasteiger partial charge < -0.3 is 4.74 Å². The van der Waals surface area contributed by atoms with Crippen molar-refractivity contribution in [2.75, 3.05) is 6.61 Å². The monoisotopic (exact) mass is 166 g/mol. The molecular formula is C8H10N2O2. The summed E-state index contributed by atoms with van der Waals surface area (Å²) < 4.78 is 7.13. The number of aromatic nitrogens is 2. The minimum absolute atomic E-state index is 0.553.